The Morgan fingerprint density at radius 3 is 2.91 bits per heavy atom. The lowest BCUT2D eigenvalue weighted by Crippen LogP contribution is -2.45. The normalized spacial score (nSPS) is 18.8. The van der Waals surface area contributed by atoms with E-state index in [0.29, 0.717) is 32.5 Å². The molecule has 0 saturated carbocycles. The minimum Gasteiger partial charge on any atom is -0.494 e. The Bertz CT molecular complexity index is 645. The van der Waals surface area contributed by atoms with Crippen molar-refractivity contribution in [1.29, 1.82) is 0 Å². The first-order valence-corrected chi connectivity index (χ1v) is 9.67. The van der Waals surface area contributed by atoms with Crippen molar-refractivity contribution in [3.05, 3.63) is 29.8 Å². The van der Waals surface area contributed by atoms with Gasteiger partial charge < -0.3 is 10.1 Å². The molecule has 1 aromatic rings. The lowest BCUT2D eigenvalue weighted by Gasteiger charge is -2.21. The molecule has 1 amide bonds. The van der Waals surface area contributed by atoms with Gasteiger partial charge in [0.25, 0.3) is 0 Å². The van der Waals surface area contributed by atoms with Gasteiger partial charge >= 0.3 is 0 Å². The molecule has 7 heteroatoms. The second-order valence-corrected chi connectivity index (χ2v) is 7.78. The summed E-state index contributed by atoms with van der Waals surface area (Å²) in [6.45, 7) is 3.40. The van der Waals surface area contributed by atoms with Crippen LogP contribution in [0.25, 0.3) is 0 Å². The summed E-state index contributed by atoms with van der Waals surface area (Å²) in [6, 6.07) is 7.23. The van der Waals surface area contributed by atoms with Crippen LogP contribution in [0.1, 0.15) is 24.8 Å². The lowest BCUT2D eigenvalue weighted by molar-refractivity contribution is -0.124. The molecule has 0 aliphatic carbocycles. The molecule has 128 valence electrons. The standard InChI is InChI=1S/C16H24N2O4S/c1-13-6-3-7-14(12-13)22-11-5-9-17-16(19)15-8-4-10-18(15)23(2,20)21/h3,6-7,12,15H,4-5,8-11H2,1-2H3,(H,17,19)/t15-/m0/s1. The van der Waals surface area contributed by atoms with Crippen molar-refractivity contribution >= 4 is 15.9 Å². The molecule has 1 atom stereocenters. The number of amides is 1. The molecule has 1 aliphatic rings. The number of nitrogens with one attached hydrogen (secondary N) is 1. The smallest absolute Gasteiger partial charge is 0.238 e. The van der Waals surface area contributed by atoms with Crippen LogP contribution in [0.5, 0.6) is 5.75 Å². The fraction of sp³-hybridized carbons (Fsp3) is 0.562. The van der Waals surface area contributed by atoms with Gasteiger partial charge in [-0.1, -0.05) is 12.1 Å². The highest BCUT2D eigenvalue weighted by atomic mass is 32.2. The number of benzene rings is 1. The topological polar surface area (TPSA) is 75.7 Å². The zero-order valence-electron chi connectivity index (χ0n) is 13.6. The summed E-state index contributed by atoms with van der Waals surface area (Å²) in [6.07, 6.45) is 3.12. The van der Waals surface area contributed by atoms with Gasteiger partial charge in [0.1, 0.15) is 11.8 Å². The third-order valence-electron chi connectivity index (χ3n) is 3.81. The van der Waals surface area contributed by atoms with Gasteiger partial charge in [0.15, 0.2) is 0 Å². The Balaban J connectivity index is 1.71. The summed E-state index contributed by atoms with van der Waals surface area (Å²) < 4.78 is 30.2. The van der Waals surface area contributed by atoms with Crippen molar-refractivity contribution in [1.82, 2.24) is 9.62 Å². The van der Waals surface area contributed by atoms with E-state index in [0.717, 1.165) is 24.0 Å². The number of nitrogens with zero attached hydrogens (tertiary/aromatic N) is 1. The maximum Gasteiger partial charge on any atom is 0.238 e. The Morgan fingerprint density at radius 2 is 2.22 bits per heavy atom. The molecule has 0 radical (unpaired) electrons. The maximum absolute atomic E-state index is 12.1. The molecule has 2 rings (SSSR count). The summed E-state index contributed by atoms with van der Waals surface area (Å²) in [5.74, 6) is 0.596. The van der Waals surface area contributed by atoms with E-state index in [4.69, 9.17) is 4.74 Å². The third-order valence-corrected chi connectivity index (χ3v) is 5.10. The average molecular weight is 340 g/mol. The van der Waals surface area contributed by atoms with Crippen LogP contribution in [0, 0.1) is 6.92 Å². The van der Waals surface area contributed by atoms with Gasteiger partial charge in [0.05, 0.1) is 12.9 Å². The van der Waals surface area contributed by atoms with E-state index in [1.807, 2.05) is 31.2 Å². The summed E-state index contributed by atoms with van der Waals surface area (Å²) in [4.78, 5) is 12.1. The van der Waals surface area contributed by atoms with Gasteiger partial charge in [-0.2, -0.15) is 4.31 Å². The van der Waals surface area contributed by atoms with E-state index >= 15 is 0 Å². The van der Waals surface area contributed by atoms with Crippen LogP contribution < -0.4 is 10.1 Å². The number of carbonyl (C=O) groups excluding carboxylic acids is 1. The number of hydrogen-bond acceptors (Lipinski definition) is 4. The van der Waals surface area contributed by atoms with Gasteiger partial charge in [0.2, 0.25) is 15.9 Å². The van der Waals surface area contributed by atoms with E-state index in [1.165, 1.54) is 4.31 Å². The molecule has 0 aromatic heterocycles. The molecule has 0 spiro atoms. The lowest BCUT2D eigenvalue weighted by atomic mass is 10.2. The first kappa shape index (κ1) is 17.7. The number of hydrogen-bond donors (Lipinski definition) is 1. The van der Waals surface area contributed by atoms with Crippen molar-refractivity contribution in [2.45, 2.75) is 32.2 Å². The van der Waals surface area contributed by atoms with Gasteiger partial charge in [-0.05, 0) is 43.9 Å². The second kappa shape index (κ2) is 7.79. The average Bonchev–Trinajstić information content (AvgIpc) is 2.96. The van der Waals surface area contributed by atoms with Crippen LogP contribution >= 0.6 is 0 Å². The quantitative estimate of drug-likeness (QED) is 0.759. The zero-order chi connectivity index (χ0) is 16.9. The molecule has 1 saturated heterocycles. The van der Waals surface area contributed by atoms with Crippen LogP contribution in [0.4, 0.5) is 0 Å². The molecule has 1 aromatic carbocycles. The van der Waals surface area contributed by atoms with E-state index in [-0.39, 0.29) is 5.91 Å². The van der Waals surface area contributed by atoms with Crippen molar-refractivity contribution in [2.75, 3.05) is 26.0 Å². The number of sulfonamides is 1. The van der Waals surface area contributed by atoms with Gasteiger partial charge in [0, 0.05) is 13.1 Å². The van der Waals surface area contributed by atoms with Gasteiger partial charge in [-0.15, -0.1) is 0 Å². The van der Waals surface area contributed by atoms with Crippen LogP contribution in [-0.4, -0.2) is 50.6 Å². The van der Waals surface area contributed by atoms with E-state index in [1.54, 1.807) is 0 Å². The predicted octanol–water partition coefficient (Wildman–Crippen LogP) is 1.30. The SMILES string of the molecule is Cc1cccc(OCCCNC(=O)[C@@H]2CCCN2S(C)(=O)=O)c1. The minimum absolute atomic E-state index is 0.219. The third kappa shape index (κ3) is 5.21. The van der Waals surface area contributed by atoms with Gasteiger partial charge in [-0.25, -0.2) is 8.42 Å². The molecule has 23 heavy (non-hydrogen) atoms. The Morgan fingerprint density at radius 1 is 1.43 bits per heavy atom. The predicted molar refractivity (Wildman–Crippen MR) is 88.9 cm³/mol. The van der Waals surface area contributed by atoms with Crippen LogP contribution in [-0.2, 0) is 14.8 Å². The van der Waals surface area contributed by atoms with E-state index in [9.17, 15) is 13.2 Å². The molecular weight excluding hydrogens is 316 g/mol. The number of carbonyl (C=O) groups is 1. The summed E-state index contributed by atoms with van der Waals surface area (Å²) in [7, 11) is -3.32. The van der Waals surface area contributed by atoms with Crippen molar-refractivity contribution in [2.24, 2.45) is 0 Å². The molecule has 1 N–H and O–H groups in total. The summed E-state index contributed by atoms with van der Waals surface area (Å²) in [5, 5.41) is 2.80. The largest absolute Gasteiger partial charge is 0.494 e. The Kier molecular flexibility index (Phi) is 6.01. The first-order valence-electron chi connectivity index (χ1n) is 7.82. The second-order valence-electron chi connectivity index (χ2n) is 5.84. The molecule has 0 unspecified atom stereocenters. The first-order chi connectivity index (χ1) is 10.9. The number of ether oxygens (including phenoxy) is 1. The van der Waals surface area contributed by atoms with Crippen LogP contribution in [0.3, 0.4) is 0 Å². The highest BCUT2D eigenvalue weighted by Gasteiger charge is 2.36. The fourth-order valence-corrected chi connectivity index (χ4v) is 3.82. The highest BCUT2D eigenvalue weighted by molar-refractivity contribution is 7.88. The highest BCUT2D eigenvalue weighted by Crippen LogP contribution is 2.20. The molecule has 0 bridgehead atoms. The molecular formula is C16H24N2O4S. The van der Waals surface area contributed by atoms with Crippen molar-refractivity contribution in [3.63, 3.8) is 0 Å². The molecule has 1 fully saturated rings. The van der Waals surface area contributed by atoms with E-state index < -0.39 is 16.1 Å². The van der Waals surface area contributed by atoms with Crippen molar-refractivity contribution in [3.8, 4) is 5.75 Å². The minimum atomic E-state index is -3.32. The number of rotatable bonds is 7. The maximum atomic E-state index is 12.1. The number of aryl methyl sites for hydroxylation is 1. The summed E-state index contributed by atoms with van der Waals surface area (Å²) >= 11 is 0. The Labute approximate surface area is 137 Å². The summed E-state index contributed by atoms with van der Waals surface area (Å²) in [5.41, 5.74) is 1.14. The Hall–Kier alpha value is -1.60. The molecule has 1 heterocycles. The molecule has 6 nitrogen and oxygen atoms in total. The monoisotopic (exact) mass is 340 g/mol. The zero-order valence-corrected chi connectivity index (χ0v) is 14.4. The van der Waals surface area contributed by atoms with Crippen molar-refractivity contribution < 1.29 is 17.9 Å². The van der Waals surface area contributed by atoms with Crippen LogP contribution in [0.15, 0.2) is 24.3 Å². The fourth-order valence-electron chi connectivity index (χ4n) is 2.70. The van der Waals surface area contributed by atoms with Crippen LogP contribution in [0.2, 0.25) is 0 Å². The van der Waals surface area contributed by atoms with Gasteiger partial charge in [-0.3, -0.25) is 4.79 Å². The molecule has 1 aliphatic heterocycles. The van der Waals surface area contributed by atoms with E-state index in [2.05, 4.69) is 5.32 Å².